The second-order valence-corrected chi connectivity index (χ2v) is 3.32. The van der Waals surface area contributed by atoms with Crippen molar-refractivity contribution in [3.63, 3.8) is 0 Å². The molecule has 4 N–H and O–H groups in total. The molecule has 1 saturated heterocycles. The van der Waals surface area contributed by atoms with E-state index in [0.29, 0.717) is 0 Å². The second kappa shape index (κ2) is 3.16. The summed E-state index contributed by atoms with van der Waals surface area (Å²) < 4.78 is 16.8. The summed E-state index contributed by atoms with van der Waals surface area (Å²) in [6.45, 7) is -0.0360. The molecule has 6 atom stereocenters. The number of rotatable bonds is 1. The van der Waals surface area contributed by atoms with Crippen molar-refractivity contribution in [3.05, 3.63) is 0 Å². The van der Waals surface area contributed by atoms with Crippen LogP contribution in [0.25, 0.3) is 0 Å². The molecular formula is C7H12O6. The molecule has 0 bridgehead atoms. The summed E-state index contributed by atoms with van der Waals surface area (Å²) in [6.07, 6.45) is -6.40. The highest BCUT2D eigenvalue weighted by atomic mass is 16.7. The van der Waals surface area contributed by atoms with Crippen molar-refractivity contribution in [3.8, 4) is 0 Å². The number of aliphatic hydroxyl groups is 4. The smallest absolute Gasteiger partial charge is 0.211 e. The van der Waals surface area contributed by atoms with Crippen molar-refractivity contribution < 1.29 is 29.9 Å². The van der Waals surface area contributed by atoms with Crippen molar-refractivity contribution >= 4 is 0 Å². The Bertz CT molecular complexity index is 214. The second-order valence-electron chi connectivity index (χ2n) is 3.32. The summed E-state index contributed by atoms with van der Waals surface area (Å²) in [6, 6.07) is 0. The van der Waals surface area contributed by atoms with Gasteiger partial charge >= 0.3 is 0 Å². The molecule has 0 aromatic carbocycles. The normalized spacial score (nSPS) is 57.3. The van der Waals surface area contributed by atoms with Gasteiger partial charge in [0.1, 0.15) is 43.4 Å². The van der Waals surface area contributed by atoms with Crippen molar-refractivity contribution in [2.24, 2.45) is 0 Å². The molecule has 2 rings (SSSR count). The summed E-state index contributed by atoms with van der Waals surface area (Å²) in [5.74, 6) is 0. The van der Waals surface area contributed by atoms with Crippen molar-refractivity contribution in [1.29, 1.82) is 1.43 Å². The molecule has 6 unspecified atom stereocenters. The lowest BCUT2D eigenvalue weighted by molar-refractivity contribution is -0.192. The average molecular weight is 194 g/mol. The summed E-state index contributed by atoms with van der Waals surface area (Å²) >= 11 is 0. The molecule has 0 radical (unpaired) electrons. The van der Waals surface area contributed by atoms with E-state index in [4.69, 9.17) is 10.9 Å². The number of aliphatic hydroxyl groups excluding tert-OH is 4. The zero-order valence-electron chi connectivity index (χ0n) is 7.74. The zero-order chi connectivity index (χ0) is 10.3. The molecule has 0 aromatic rings. The van der Waals surface area contributed by atoms with E-state index in [1.165, 1.54) is 0 Å². The Labute approximate surface area is 75.8 Å². The van der Waals surface area contributed by atoms with Crippen LogP contribution in [0.4, 0.5) is 0 Å². The Morgan fingerprint density at radius 2 is 1.46 bits per heavy atom. The van der Waals surface area contributed by atoms with Gasteiger partial charge in [-0.05, 0) is 0 Å². The van der Waals surface area contributed by atoms with Gasteiger partial charge in [-0.2, -0.15) is 0 Å². The molecule has 1 aliphatic carbocycles. The molecule has 1 heterocycles. The quantitative estimate of drug-likeness (QED) is 0.359. The zero-order valence-corrected chi connectivity index (χ0v) is 6.74. The van der Waals surface area contributed by atoms with E-state index in [2.05, 4.69) is 5.11 Å². The largest absolute Gasteiger partial charge is 0.387 e. The first-order valence-corrected chi connectivity index (χ1v) is 4.06. The maximum atomic E-state index is 9.50. The van der Waals surface area contributed by atoms with Crippen LogP contribution in [0.3, 0.4) is 0 Å². The monoisotopic (exact) mass is 194 g/mol. The lowest BCUT2D eigenvalue weighted by Gasteiger charge is -2.38. The fourth-order valence-corrected chi connectivity index (χ4v) is 1.75. The molecule has 13 heavy (non-hydrogen) atoms. The van der Waals surface area contributed by atoms with E-state index in [1.807, 2.05) is 0 Å². The van der Waals surface area contributed by atoms with Crippen LogP contribution >= 0.6 is 0 Å². The van der Waals surface area contributed by atoms with Gasteiger partial charge in [0, 0.05) is 0 Å². The fraction of sp³-hybridized carbons (Fsp3) is 1.00. The Morgan fingerprint density at radius 1 is 0.923 bits per heavy atom. The highest BCUT2D eigenvalue weighted by molar-refractivity contribution is 5.01. The minimum Gasteiger partial charge on any atom is -0.387 e. The van der Waals surface area contributed by atoms with Gasteiger partial charge in [0.2, 0.25) is 1.43 Å². The number of ether oxygens (including phenoxy) is 2. The van der Waals surface area contributed by atoms with Crippen LogP contribution in [0.2, 0.25) is 0 Å². The van der Waals surface area contributed by atoms with Gasteiger partial charge in [-0.25, -0.2) is 0 Å². The van der Waals surface area contributed by atoms with Crippen molar-refractivity contribution in [1.82, 2.24) is 0 Å². The summed E-state index contributed by atoms with van der Waals surface area (Å²) in [7, 11) is 0. The maximum Gasteiger partial charge on any atom is 0.211 e. The summed E-state index contributed by atoms with van der Waals surface area (Å²) in [5, 5.41) is 32.6. The van der Waals surface area contributed by atoms with E-state index in [9.17, 15) is 15.3 Å². The van der Waals surface area contributed by atoms with Gasteiger partial charge < -0.3 is 29.9 Å². The molecule has 2 fully saturated rings. The fourth-order valence-electron chi connectivity index (χ4n) is 1.75. The number of fused-ring (bicyclic) bond motifs is 1. The first-order valence-electron chi connectivity index (χ1n) is 4.47. The first-order chi connectivity index (χ1) is 6.66. The molecule has 1 aliphatic heterocycles. The Balaban J connectivity index is 2.19. The molecule has 6 heteroatoms. The first kappa shape index (κ1) is 8.10. The number of hydrogen-bond acceptors (Lipinski definition) is 6. The molecule has 6 nitrogen and oxygen atoms in total. The molecular weight excluding hydrogens is 180 g/mol. The van der Waals surface area contributed by atoms with E-state index in [0.717, 1.165) is 0 Å². The molecule has 0 aromatic heterocycles. The highest BCUT2D eigenvalue weighted by Gasteiger charge is 2.52. The van der Waals surface area contributed by atoms with Crippen LogP contribution in [0.15, 0.2) is 0 Å². The van der Waals surface area contributed by atoms with Gasteiger partial charge in [0.15, 0.2) is 0 Å². The van der Waals surface area contributed by atoms with Gasteiger partial charge in [0.05, 0.1) is 0 Å². The Morgan fingerprint density at radius 3 is 2.08 bits per heavy atom. The van der Waals surface area contributed by atoms with Crippen molar-refractivity contribution in [2.45, 2.75) is 36.6 Å². The molecule has 2 aliphatic rings. The van der Waals surface area contributed by atoms with Crippen molar-refractivity contribution in [2.75, 3.05) is 6.79 Å². The van der Waals surface area contributed by atoms with E-state index in [1.54, 1.807) is 0 Å². The number of hydrogen-bond donors (Lipinski definition) is 4. The Kier molecular flexibility index (Phi) is 1.97. The van der Waals surface area contributed by atoms with Crippen LogP contribution in [-0.4, -0.2) is 65.3 Å². The lowest BCUT2D eigenvalue weighted by Crippen LogP contribution is -2.62. The molecule has 0 spiro atoms. The standard InChI is InChI=1S/C7H12O6/c8-2-3(9)5(11)7-6(4(2)10)12-1-13-7/h2-11H,1H2/i10T. The minimum atomic E-state index is -1.38. The summed E-state index contributed by atoms with van der Waals surface area (Å²) in [4.78, 5) is 0. The van der Waals surface area contributed by atoms with Crippen LogP contribution in [-0.2, 0) is 9.47 Å². The lowest BCUT2D eigenvalue weighted by atomic mass is 9.85. The predicted octanol–water partition coefficient (Wildman–Crippen LogP) is -2.81. The van der Waals surface area contributed by atoms with Crippen LogP contribution in [0.5, 0.6) is 0 Å². The van der Waals surface area contributed by atoms with E-state index >= 15 is 0 Å². The third-order valence-electron chi connectivity index (χ3n) is 2.54. The SMILES string of the molecule is [3H]OC1C(O)C(O)C(O)C2OCOC12. The average Bonchev–Trinajstić information content (AvgIpc) is 2.64. The summed E-state index contributed by atoms with van der Waals surface area (Å²) in [5.41, 5.74) is 0. The molecule has 76 valence electrons. The third-order valence-corrected chi connectivity index (χ3v) is 2.54. The van der Waals surface area contributed by atoms with E-state index < -0.39 is 36.6 Å². The maximum absolute atomic E-state index is 9.50. The predicted molar refractivity (Wildman–Crippen MR) is 38.6 cm³/mol. The molecule has 1 saturated carbocycles. The molecule has 0 amide bonds. The topological polar surface area (TPSA) is 99.4 Å². The van der Waals surface area contributed by atoms with Gasteiger partial charge in [-0.1, -0.05) is 0 Å². The third kappa shape index (κ3) is 1.26. The van der Waals surface area contributed by atoms with Crippen LogP contribution < -0.4 is 0 Å². The Hall–Kier alpha value is -0.240. The van der Waals surface area contributed by atoms with Crippen LogP contribution in [0, 0.1) is 0 Å². The van der Waals surface area contributed by atoms with Gasteiger partial charge in [0.25, 0.3) is 0 Å². The van der Waals surface area contributed by atoms with Crippen LogP contribution in [0.1, 0.15) is 0 Å². The minimum absolute atomic E-state index is 0.0360. The van der Waals surface area contributed by atoms with Gasteiger partial charge in [-0.15, -0.1) is 0 Å². The van der Waals surface area contributed by atoms with Gasteiger partial charge in [-0.3, -0.25) is 0 Å². The van der Waals surface area contributed by atoms with E-state index in [-0.39, 0.29) is 6.79 Å². The highest BCUT2D eigenvalue weighted by Crippen LogP contribution is 2.29.